The van der Waals surface area contributed by atoms with Gasteiger partial charge in [0.25, 0.3) is 0 Å². The molecule has 24 heavy (non-hydrogen) atoms. The molecule has 0 saturated carbocycles. The standard InChI is InChI=1S/C19H23N3O2/c1-12(18(23)20-2)11-22(3)19(24)21-16-10-9-14-8-7-13-5-4-6-15(16)17(13)14/h4-6,9-10,12H,7-8,11H2,1-3H3,(H,20,23)(H,21,24). The summed E-state index contributed by atoms with van der Waals surface area (Å²) in [6.45, 7) is 2.17. The Hall–Kier alpha value is -2.56. The Kier molecular flexibility index (Phi) is 4.42. The molecule has 1 aliphatic rings. The molecule has 0 radical (unpaired) electrons. The molecule has 0 heterocycles. The van der Waals surface area contributed by atoms with Crippen LogP contribution in [0.2, 0.25) is 0 Å². The number of amides is 3. The molecule has 1 atom stereocenters. The van der Waals surface area contributed by atoms with Crippen LogP contribution in [0.4, 0.5) is 10.5 Å². The fourth-order valence-electron chi connectivity index (χ4n) is 3.39. The van der Waals surface area contributed by atoms with E-state index in [0.29, 0.717) is 6.54 Å². The maximum atomic E-state index is 12.5. The summed E-state index contributed by atoms with van der Waals surface area (Å²) in [7, 11) is 3.31. The minimum atomic E-state index is -0.251. The number of anilines is 1. The van der Waals surface area contributed by atoms with Crippen molar-refractivity contribution in [3.05, 3.63) is 41.5 Å². The summed E-state index contributed by atoms with van der Waals surface area (Å²) in [4.78, 5) is 25.6. The fourth-order valence-corrected chi connectivity index (χ4v) is 3.39. The number of aryl methyl sites for hydroxylation is 2. The van der Waals surface area contributed by atoms with Crippen molar-refractivity contribution in [1.82, 2.24) is 10.2 Å². The van der Waals surface area contributed by atoms with Crippen LogP contribution in [0.15, 0.2) is 30.3 Å². The van der Waals surface area contributed by atoms with Crippen molar-refractivity contribution in [1.29, 1.82) is 0 Å². The summed E-state index contributed by atoms with van der Waals surface area (Å²) >= 11 is 0. The normalized spacial score (nSPS) is 13.6. The molecule has 0 aromatic heterocycles. The number of carbonyl (C=O) groups is 2. The highest BCUT2D eigenvalue weighted by Crippen LogP contribution is 2.35. The van der Waals surface area contributed by atoms with E-state index in [9.17, 15) is 9.59 Å². The van der Waals surface area contributed by atoms with E-state index < -0.39 is 0 Å². The van der Waals surface area contributed by atoms with Gasteiger partial charge in [-0.3, -0.25) is 4.79 Å². The van der Waals surface area contributed by atoms with Crippen molar-refractivity contribution in [2.24, 2.45) is 5.92 Å². The summed E-state index contributed by atoms with van der Waals surface area (Å²) < 4.78 is 0. The number of hydrogen-bond acceptors (Lipinski definition) is 2. The Bertz CT molecular complexity index is 790. The average molecular weight is 325 g/mol. The SMILES string of the molecule is CNC(=O)C(C)CN(C)C(=O)Nc1ccc2c3c(cccc13)CC2. The second kappa shape index (κ2) is 6.51. The molecule has 126 valence electrons. The number of benzene rings is 2. The third-order valence-corrected chi connectivity index (χ3v) is 4.71. The van der Waals surface area contributed by atoms with Crippen molar-refractivity contribution in [3.63, 3.8) is 0 Å². The zero-order valence-electron chi connectivity index (χ0n) is 14.3. The van der Waals surface area contributed by atoms with Crippen LogP contribution >= 0.6 is 0 Å². The first kappa shape index (κ1) is 16.3. The third-order valence-electron chi connectivity index (χ3n) is 4.71. The Balaban J connectivity index is 1.78. The molecule has 0 aliphatic heterocycles. The molecule has 5 heteroatoms. The maximum Gasteiger partial charge on any atom is 0.321 e. The van der Waals surface area contributed by atoms with Crippen LogP contribution in [0.5, 0.6) is 0 Å². The van der Waals surface area contributed by atoms with Gasteiger partial charge in [0.1, 0.15) is 0 Å². The first-order valence-electron chi connectivity index (χ1n) is 8.28. The number of nitrogens with one attached hydrogen (secondary N) is 2. The molecular formula is C19H23N3O2. The molecule has 2 aromatic rings. The number of carbonyl (C=O) groups excluding carboxylic acids is 2. The number of rotatable bonds is 4. The summed E-state index contributed by atoms with van der Waals surface area (Å²) in [5, 5.41) is 7.95. The van der Waals surface area contributed by atoms with Crippen molar-refractivity contribution >= 4 is 28.4 Å². The lowest BCUT2D eigenvalue weighted by atomic mass is 10.0. The van der Waals surface area contributed by atoms with Gasteiger partial charge in [0.2, 0.25) is 5.91 Å². The smallest absolute Gasteiger partial charge is 0.321 e. The monoisotopic (exact) mass is 325 g/mol. The van der Waals surface area contributed by atoms with Crippen molar-refractivity contribution in [2.45, 2.75) is 19.8 Å². The zero-order chi connectivity index (χ0) is 17.3. The van der Waals surface area contributed by atoms with Crippen LogP contribution in [-0.2, 0) is 17.6 Å². The molecule has 0 spiro atoms. The lowest BCUT2D eigenvalue weighted by Crippen LogP contribution is -2.39. The summed E-state index contributed by atoms with van der Waals surface area (Å²) in [5.74, 6) is -0.321. The zero-order valence-corrected chi connectivity index (χ0v) is 14.3. The Labute approximate surface area is 142 Å². The van der Waals surface area contributed by atoms with E-state index in [1.165, 1.54) is 16.5 Å². The average Bonchev–Trinajstić information content (AvgIpc) is 3.01. The second-order valence-corrected chi connectivity index (χ2v) is 6.44. The van der Waals surface area contributed by atoms with Crippen LogP contribution in [0.25, 0.3) is 10.8 Å². The highest BCUT2D eigenvalue weighted by atomic mass is 16.2. The Morgan fingerprint density at radius 2 is 1.88 bits per heavy atom. The molecule has 0 bridgehead atoms. The van der Waals surface area contributed by atoms with Crippen LogP contribution in [0, 0.1) is 5.92 Å². The fraction of sp³-hybridized carbons (Fsp3) is 0.368. The third kappa shape index (κ3) is 2.94. The van der Waals surface area contributed by atoms with E-state index in [-0.39, 0.29) is 17.9 Å². The molecule has 0 saturated heterocycles. The van der Waals surface area contributed by atoms with E-state index >= 15 is 0 Å². The molecule has 2 aromatic carbocycles. The van der Waals surface area contributed by atoms with E-state index in [4.69, 9.17) is 0 Å². The Morgan fingerprint density at radius 1 is 1.17 bits per heavy atom. The Morgan fingerprint density at radius 3 is 2.58 bits per heavy atom. The van der Waals surface area contributed by atoms with Gasteiger partial charge in [-0.05, 0) is 35.4 Å². The number of urea groups is 1. The predicted octanol–water partition coefficient (Wildman–Crippen LogP) is 2.78. The van der Waals surface area contributed by atoms with Crippen molar-refractivity contribution < 1.29 is 9.59 Å². The molecule has 3 rings (SSSR count). The highest BCUT2D eigenvalue weighted by Gasteiger charge is 2.20. The molecule has 3 amide bonds. The molecule has 1 unspecified atom stereocenters. The van der Waals surface area contributed by atoms with Gasteiger partial charge in [0, 0.05) is 26.0 Å². The topological polar surface area (TPSA) is 61.4 Å². The van der Waals surface area contributed by atoms with Gasteiger partial charge < -0.3 is 15.5 Å². The predicted molar refractivity (Wildman–Crippen MR) is 96.2 cm³/mol. The molecular weight excluding hydrogens is 302 g/mol. The largest absolute Gasteiger partial charge is 0.359 e. The summed E-state index contributed by atoms with van der Waals surface area (Å²) in [5.41, 5.74) is 3.52. The minimum Gasteiger partial charge on any atom is -0.359 e. The van der Waals surface area contributed by atoms with Crippen LogP contribution in [-0.4, -0.2) is 37.5 Å². The van der Waals surface area contributed by atoms with Crippen LogP contribution in [0.3, 0.4) is 0 Å². The molecule has 2 N–H and O–H groups in total. The van der Waals surface area contributed by atoms with E-state index in [1.807, 2.05) is 19.1 Å². The second-order valence-electron chi connectivity index (χ2n) is 6.44. The molecule has 5 nitrogen and oxygen atoms in total. The number of hydrogen-bond donors (Lipinski definition) is 2. The van der Waals surface area contributed by atoms with Gasteiger partial charge in [-0.15, -0.1) is 0 Å². The lowest BCUT2D eigenvalue weighted by molar-refractivity contribution is -0.124. The van der Waals surface area contributed by atoms with Crippen molar-refractivity contribution in [2.75, 3.05) is 26.0 Å². The van der Waals surface area contributed by atoms with Gasteiger partial charge in [0.05, 0.1) is 11.6 Å². The van der Waals surface area contributed by atoms with E-state index in [2.05, 4.69) is 28.8 Å². The first-order chi connectivity index (χ1) is 11.5. The van der Waals surface area contributed by atoms with Crippen LogP contribution < -0.4 is 10.6 Å². The number of nitrogens with zero attached hydrogens (tertiary/aromatic N) is 1. The lowest BCUT2D eigenvalue weighted by Gasteiger charge is -2.22. The highest BCUT2D eigenvalue weighted by molar-refractivity contribution is 6.04. The van der Waals surface area contributed by atoms with Gasteiger partial charge in [-0.25, -0.2) is 4.79 Å². The minimum absolute atomic E-state index is 0.0695. The van der Waals surface area contributed by atoms with E-state index in [0.717, 1.165) is 23.9 Å². The van der Waals surface area contributed by atoms with Gasteiger partial charge >= 0.3 is 6.03 Å². The summed E-state index contributed by atoms with van der Waals surface area (Å²) in [6.07, 6.45) is 2.13. The van der Waals surface area contributed by atoms with Gasteiger partial charge in [-0.1, -0.05) is 31.2 Å². The van der Waals surface area contributed by atoms with Gasteiger partial charge in [-0.2, -0.15) is 0 Å². The maximum absolute atomic E-state index is 12.5. The van der Waals surface area contributed by atoms with Crippen molar-refractivity contribution in [3.8, 4) is 0 Å². The quantitative estimate of drug-likeness (QED) is 0.908. The molecule has 0 fully saturated rings. The van der Waals surface area contributed by atoms with E-state index in [1.54, 1.807) is 19.0 Å². The molecule has 1 aliphatic carbocycles. The van der Waals surface area contributed by atoms with Crippen LogP contribution in [0.1, 0.15) is 18.1 Å². The first-order valence-corrected chi connectivity index (χ1v) is 8.28. The van der Waals surface area contributed by atoms with Gasteiger partial charge in [0.15, 0.2) is 0 Å². The summed E-state index contributed by atoms with van der Waals surface area (Å²) in [6, 6.07) is 10.1.